The van der Waals surface area contributed by atoms with E-state index in [-0.39, 0.29) is 0 Å². The first kappa shape index (κ1) is 11.5. The third kappa shape index (κ3) is 2.08. The van der Waals surface area contributed by atoms with E-state index in [1.54, 1.807) is 18.6 Å². The summed E-state index contributed by atoms with van der Waals surface area (Å²) in [4.78, 5) is 8.15. The minimum Gasteiger partial charge on any atom is -0.384 e. The highest BCUT2D eigenvalue weighted by atomic mass is 16.5. The maximum absolute atomic E-state index is 10.4. The molecule has 0 saturated heterocycles. The van der Waals surface area contributed by atoms with Crippen LogP contribution in [0.2, 0.25) is 0 Å². The highest BCUT2D eigenvalue weighted by Crippen LogP contribution is 2.42. The Balaban J connectivity index is 2.20. The zero-order valence-corrected chi connectivity index (χ0v) is 9.59. The highest BCUT2D eigenvalue weighted by molar-refractivity contribution is 5.08. The van der Waals surface area contributed by atoms with Crippen LogP contribution in [-0.2, 0) is 4.74 Å². The van der Waals surface area contributed by atoms with Crippen molar-refractivity contribution in [2.75, 3.05) is 6.61 Å². The van der Waals surface area contributed by atoms with Gasteiger partial charge in [-0.2, -0.15) is 0 Å². The summed E-state index contributed by atoms with van der Waals surface area (Å²) in [6.45, 7) is 2.58. The number of aliphatic hydroxyl groups is 1. The van der Waals surface area contributed by atoms with Gasteiger partial charge in [-0.15, -0.1) is 0 Å². The lowest BCUT2D eigenvalue weighted by Gasteiger charge is -2.33. The normalized spacial score (nSPS) is 20.9. The maximum Gasteiger partial charge on any atom is 0.126 e. The molecular weight excluding hydrogens is 204 g/mol. The Morgan fingerprint density at radius 3 is 2.75 bits per heavy atom. The minimum atomic E-state index is -0.663. The van der Waals surface area contributed by atoms with E-state index in [9.17, 15) is 5.11 Å². The van der Waals surface area contributed by atoms with E-state index in [4.69, 9.17) is 4.74 Å². The third-order valence-corrected chi connectivity index (χ3v) is 3.24. The van der Waals surface area contributed by atoms with E-state index < -0.39 is 11.7 Å². The van der Waals surface area contributed by atoms with Gasteiger partial charge < -0.3 is 9.84 Å². The molecule has 1 unspecified atom stereocenters. The number of hydrogen-bond donors (Lipinski definition) is 1. The molecule has 1 aliphatic rings. The standard InChI is InChI=1S/C12H18N2O2/c1-2-16-12(5-3-4-6-12)11(15)10-9-13-7-8-14-10/h7-9,11,15H,2-6H2,1H3. The molecule has 2 rings (SSSR count). The summed E-state index contributed by atoms with van der Waals surface area (Å²) >= 11 is 0. The molecule has 1 heterocycles. The fourth-order valence-electron chi connectivity index (χ4n) is 2.48. The van der Waals surface area contributed by atoms with Gasteiger partial charge in [0.15, 0.2) is 0 Å². The summed E-state index contributed by atoms with van der Waals surface area (Å²) in [6.07, 6.45) is 8.18. The van der Waals surface area contributed by atoms with Gasteiger partial charge in [0.25, 0.3) is 0 Å². The molecule has 0 aromatic carbocycles. The molecule has 0 radical (unpaired) electrons. The second-order valence-corrected chi connectivity index (χ2v) is 4.24. The molecule has 1 N–H and O–H groups in total. The Morgan fingerprint density at radius 1 is 1.44 bits per heavy atom. The first-order chi connectivity index (χ1) is 7.78. The van der Waals surface area contributed by atoms with Crippen LogP contribution in [0.4, 0.5) is 0 Å². The molecule has 1 fully saturated rings. The molecule has 1 aromatic heterocycles. The van der Waals surface area contributed by atoms with E-state index in [1.165, 1.54) is 0 Å². The average molecular weight is 222 g/mol. The number of aliphatic hydroxyl groups excluding tert-OH is 1. The van der Waals surface area contributed by atoms with E-state index in [2.05, 4.69) is 9.97 Å². The van der Waals surface area contributed by atoms with Crippen molar-refractivity contribution in [1.29, 1.82) is 0 Å². The lowest BCUT2D eigenvalue weighted by Crippen LogP contribution is -2.37. The summed E-state index contributed by atoms with van der Waals surface area (Å²) in [7, 11) is 0. The molecular formula is C12H18N2O2. The van der Waals surface area contributed by atoms with Gasteiger partial charge in [0.1, 0.15) is 6.10 Å². The van der Waals surface area contributed by atoms with Crippen LogP contribution in [0.1, 0.15) is 44.4 Å². The number of aromatic nitrogens is 2. The van der Waals surface area contributed by atoms with Crippen LogP contribution in [0, 0.1) is 0 Å². The topological polar surface area (TPSA) is 55.2 Å². The zero-order valence-electron chi connectivity index (χ0n) is 9.59. The predicted octanol–water partition coefficient (Wildman–Crippen LogP) is 1.86. The SMILES string of the molecule is CCOC1(C(O)c2cnccn2)CCCC1. The monoisotopic (exact) mass is 222 g/mol. The fraction of sp³-hybridized carbons (Fsp3) is 0.667. The molecule has 0 bridgehead atoms. The molecule has 4 heteroatoms. The molecule has 16 heavy (non-hydrogen) atoms. The maximum atomic E-state index is 10.4. The van der Waals surface area contributed by atoms with Crippen molar-refractivity contribution < 1.29 is 9.84 Å². The van der Waals surface area contributed by atoms with Crippen molar-refractivity contribution >= 4 is 0 Å². The molecule has 88 valence electrons. The molecule has 0 amide bonds. The van der Waals surface area contributed by atoms with Crippen molar-refractivity contribution in [3.63, 3.8) is 0 Å². The largest absolute Gasteiger partial charge is 0.384 e. The van der Waals surface area contributed by atoms with E-state index >= 15 is 0 Å². The van der Waals surface area contributed by atoms with E-state index in [0.717, 1.165) is 25.7 Å². The number of nitrogens with zero attached hydrogens (tertiary/aromatic N) is 2. The van der Waals surface area contributed by atoms with Crippen molar-refractivity contribution in [2.24, 2.45) is 0 Å². The van der Waals surface area contributed by atoms with Gasteiger partial charge in [-0.1, -0.05) is 12.8 Å². The van der Waals surface area contributed by atoms with Crippen molar-refractivity contribution in [2.45, 2.75) is 44.3 Å². The second kappa shape index (κ2) is 4.89. The van der Waals surface area contributed by atoms with Crippen LogP contribution in [0.3, 0.4) is 0 Å². The number of ether oxygens (including phenoxy) is 1. The number of hydrogen-bond acceptors (Lipinski definition) is 4. The Morgan fingerprint density at radius 2 is 2.19 bits per heavy atom. The quantitative estimate of drug-likeness (QED) is 0.844. The first-order valence-corrected chi connectivity index (χ1v) is 5.86. The van der Waals surface area contributed by atoms with Gasteiger partial charge in [-0.05, 0) is 19.8 Å². The lowest BCUT2D eigenvalue weighted by atomic mass is 9.92. The molecule has 4 nitrogen and oxygen atoms in total. The average Bonchev–Trinajstić information content (AvgIpc) is 2.80. The van der Waals surface area contributed by atoms with Gasteiger partial charge in [-0.25, -0.2) is 0 Å². The van der Waals surface area contributed by atoms with Crippen molar-refractivity contribution in [1.82, 2.24) is 9.97 Å². The van der Waals surface area contributed by atoms with Crippen LogP contribution in [0.25, 0.3) is 0 Å². The zero-order chi connectivity index (χ0) is 11.4. The van der Waals surface area contributed by atoms with Crippen LogP contribution in [-0.4, -0.2) is 27.3 Å². The summed E-state index contributed by atoms with van der Waals surface area (Å²) in [5, 5.41) is 10.4. The molecule has 0 aliphatic heterocycles. The van der Waals surface area contributed by atoms with Gasteiger partial charge in [0.2, 0.25) is 0 Å². The summed E-state index contributed by atoms with van der Waals surface area (Å²) < 4.78 is 5.79. The Labute approximate surface area is 95.7 Å². The Kier molecular flexibility index (Phi) is 3.51. The summed E-state index contributed by atoms with van der Waals surface area (Å²) in [6, 6.07) is 0. The molecule has 1 saturated carbocycles. The first-order valence-electron chi connectivity index (χ1n) is 5.86. The van der Waals surface area contributed by atoms with Crippen molar-refractivity contribution in [3.05, 3.63) is 24.3 Å². The predicted molar refractivity (Wildman–Crippen MR) is 59.8 cm³/mol. The van der Waals surface area contributed by atoms with Crippen LogP contribution in [0.15, 0.2) is 18.6 Å². The Hall–Kier alpha value is -1.00. The number of rotatable bonds is 4. The van der Waals surface area contributed by atoms with E-state index in [1.807, 2.05) is 6.92 Å². The van der Waals surface area contributed by atoms with Gasteiger partial charge in [-0.3, -0.25) is 9.97 Å². The van der Waals surface area contributed by atoms with Crippen molar-refractivity contribution in [3.8, 4) is 0 Å². The molecule has 1 aliphatic carbocycles. The molecule has 1 aromatic rings. The fourth-order valence-corrected chi connectivity index (χ4v) is 2.48. The van der Waals surface area contributed by atoms with Crippen LogP contribution >= 0.6 is 0 Å². The second-order valence-electron chi connectivity index (χ2n) is 4.24. The van der Waals surface area contributed by atoms with Crippen LogP contribution < -0.4 is 0 Å². The lowest BCUT2D eigenvalue weighted by molar-refractivity contribution is -0.120. The van der Waals surface area contributed by atoms with Gasteiger partial charge in [0.05, 0.1) is 17.5 Å². The Bertz CT molecular complexity index is 323. The molecule has 0 spiro atoms. The van der Waals surface area contributed by atoms with Crippen LogP contribution in [0.5, 0.6) is 0 Å². The third-order valence-electron chi connectivity index (χ3n) is 3.24. The van der Waals surface area contributed by atoms with Gasteiger partial charge >= 0.3 is 0 Å². The van der Waals surface area contributed by atoms with Gasteiger partial charge in [0, 0.05) is 19.0 Å². The smallest absolute Gasteiger partial charge is 0.126 e. The summed E-state index contributed by atoms with van der Waals surface area (Å²) in [5.41, 5.74) is 0.169. The minimum absolute atomic E-state index is 0.440. The molecule has 1 atom stereocenters. The van der Waals surface area contributed by atoms with E-state index in [0.29, 0.717) is 12.3 Å². The highest BCUT2D eigenvalue weighted by Gasteiger charge is 2.42. The summed E-state index contributed by atoms with van der Waals surface area (Å²) in [5.74, 6) is 0.